The zero-order valence-electron chi connectivity index (χ0n) is 30.9. The zero-order valence-corrected chi connectivity index (χ0v) is 30.9. The summed E-state index contributed by atoms with van der Waals surface area (Å²) in [5, 5.41) is 2.33. The van der Waals surface area contributed by atoms with Gasteiger partial charge in [0.1, 0.15) is 23.4 Å². The molecule has 1 aliphatic heterocycles. The van der Waals surface area contributed by atoms with Gasteiger partial charge in [0.15, 0.2) is 6.10 Å². The van der Waals surface area contributed by atoms with Crippen molar-refractivity contribution in [3.63, 3.8) is 0 Å². The summed E-state index contributed by atoms with van der Waals surface area (Å²) in [4.78, 5) is 10.1. The fraction of sp³-hybridized carbons (Fsp3) is 0.143. The van der Waals surface area contributed by atoms with E-state index in [1.807, 2.05) is 30.5 Å². The van der Waals surface area contributed by atoms with E-state index in [1.54, 1.807) is 0 Å². The summed E-state index contributed by atoms with van der Waals surface area (Å²) < 4.78 is 15.9. The molecule has 5 heteroatoms. The minimum Gasteiger partial charge on any atom is -0.467 e. The first-order valence-corrected chi connectivity index (χ1v) is 18.5. The largest absolute Gasteiger partial charge is 0.467 e. The van der Waals surface area contributed by atoms with E-state index < -0.39 is 0 Å². The van der Waals surface area contributed by atoms with Crippen LogP contribution >= 0.6 is 0 Å². The van der Waals surface area contributed by atoms with Gasteiger partial charge in [-0.25, -0.2) is 9.98 Å². The van der Waals surface area contributed by atoms with Crippen LogP contribution in [0.5, 0.6) is 11.5 Å². The Kier molecular flexibility index (Phi) is 8.35. The smallest absolute Gasteiger partial charge is 0.217 e. The summed E-state index contributed by atoms with van der Waals surface area (Å²) in [6, 6.07) is 54.5. The Morgan fingerprint density at radius 3 is 2.04 bits per heavy atom. The number of aryl methyl sites for hydroxylation is 1. The van der Waals surface area contributed by atoms with E-state index >= 15 is 0 Å². The van der Waals surface area contributed by atoms with Crippen molar-refractivity contribution in [1.82, 2.24) is 9.55 Å². The number of aromatic nitrogens is 2. The predicted molar refractivity (Wildman–Crippen MR) is 220 cm³/mol. The van der Waals surface area contributed by atoms with Crippen LogP contribution in [0.1, 0.15) is 60.7 Å². The molecule has 0 radical (unpaired) electrons. The minimum atomic E-state index is -0.258. The second-order valence-corrected chi connectivity index (χ2v) is 15.1. The van der Waals surface area contributed by atoms with Gasteiger partial charge in [0.25, 0.3) is 0 Å². The second-order valence-electron chi connectivity index (χ2n) is 15.1. The van der Waals surface area contributed by atoms with E-state index in [-0.39, 0.29) is 17.6 Å². The normalized spacial score (nSPS) is 15.7. The lowest BCUT2D eigenvalue weighted by Crippen LogP contribution is -2.12. The van der Waals surface area contributed by atoms with Gasteiger partial charge in [0, 0.05) is 28.6 Å². The predicted octanol–water partition coefficient (Wildman–Crippen LogP) is 12.5. The highest BCUT2D eigenvalue weighted by atomic mass is 16.5. The van der Waals surface area contributed by atoms with Crippen molar-refractivity contribution in [1.29, 1.82) is 0 Å². The Bertz CT molecular complexity index is 2660. The molecule has 2 atom stereocenters. The van der Waals surface area contributed by atoms with Gasteiger partial charge in [-0.15, -0.1) is 0 Å². The van der Waals surface area contributed by atoms with E-state index in [2.05, 4.69) is 166 Å². The molecule has 0 N–H and O–H groups in total. The van der Waals surface area contributed by atoms with Crippen molar-refractivity contribution in [3.05, 3.63) is 192 Å². The van der Waals surface area contributed by atoms with Gasteiger partial charge in [0.05, 0.1) is 11.0 Å². The number of aliphatic imine (C=N–C) groups is 1. The van der Waals surface area contributed by atoms with Crippen LogP contribution in [0.4, 0.5) is 0 Å². The van der Waals surface area contributed by atoms with Crippen LogP contribution in [0.2, 0.25) is 0 Å². The molecule has 0 aliphatic carbocycles. The van der Waals surface area contributed by atoms with E-state index in [1.165, 1.54) is 16.5 Å². The molecule has 0 saturated carbocycles. The van der Waals surface area contributed by atoms with Gasteiger partial charge >= 0.3 is 0 Å². The summed E-state index contributed by atoms with van der Waals surface area (Å²) in [6.07, 6.45) is 1.66. The second kappa shape index (κ2) is 13.5. The average molecular weight is 704 g/mol. The van der Waals surface area contributed by atoms with Crippen LogP contribution in [0, 0.1) is 6.92 Å². The number of benzene rings is 6. The molecule has 1 aliphatic rings. The molecule has 2 aromatic heterocycles. The Labute approximate surface area is 316 Å². The van der Waals surface area contributed by atoms with Gasteiger partial charge in [-0.05, 0) is 94.8 Å². The summed E-state index contributed by atoms with van der Waals surface area (Å²) >= 11 is 0. The molecule has 5 nitrogen and oxygen atoms in total. The highest BCUT2D eigenvalue weighted by Gasteiger charge is 2.34. The van der Waals surface area contributed by atoms with E-state index in [9.17, 15) is 0 Å². The molecule has 8 aromatic rings. The molecule has 0 bridgehead atoms. The van der Waals surface area contributed by atoms with Crippen molar-refractivity contribution in [2.24, 2.45) is 4.99 Å². The van der Waals surface area contributed by atoms with E-state index in [0.29, 0.717) is 11.6 Å². The molecule has 0 spiro atoms. The Balaban J connectivity index is 1.16. The lowest BCUT2D eigenvalue weighted by Gasteiger charge is -2.20. The lowest BCUT2D eigenvalue weighted by molar-refractivity contribution is 0.197. The molecule has 264 valence electrons. The zero-order chi connectivity index (χ0) is 36.8. The van der Waals surface area contributed by atoms with Gasteiger partial charge in [-0.2, -0.15) is 0 Å². The van der Waals surface area contributed by atoms with Gasteiger partial charge in [-0.1, -0.05) is 123 Å². The molecular weight excluding hydrogens is 663 g/mol. The standard InChI is InChI=1S/C49H41N3O2/c1-32-20-23-43-42(26-32)41-22-21-39(31-44(41)52(43)45-30-38(24-25-50-45)49(2,3)4)53-40-28-36(33-14-8-5-9-15-33)27-37(29-40)48-51-46(34-16-10-6-11-17-34)47(54-48)35-18-12-7-13-19-35/h5-31,46-47H,1-4H3/t46-,47-/m1/s1. The van der Waals surface area contributed by atoms with Crippen LogP contribution in [-0.2, 0) is 10.2 Å². The first-order chi connectivity index (χ1) is 26.3. The van der Waals surface area contributed by atoms with E-state index in [4.69, 9.17) is 19.5 Å². The summed E-state index contributed by atoms with van der Waals surface area (Å²) in [7, 11) is 0. The minimum absolute atomic E-state index is 0.0155. The summed E-state index contributed by atoms with van der Waals surface area (Å²) in [6.45, 7) is 8.84. The number of fused-ring (bicyclic) bond motifs is 3. The highest BCUT2D eigenvalue weighted by molar-refractivity contribution is 6.09. The first-order valence-electron chi connectivity index (χ1n) is 18.5. The monoisotopic (exact) mass is 703 g/mol. The maximum Gasteiger partial charge on any atom is 0.217 e. The Hall–Kier alpha value is -6.46. The third kappa shape index (κ3) is 6.32. The molecule has 0 unspecified atom stereocenters. The van der Waals surface area contributed by atoms with Crippen molar-refractivity contribution >= 4 is 27.7 Å². The van der Waals surface area contributed by atoms with Crippen LogP contribution in [0.3, 0.4) is 0 Å². The molecule has 54 heavy (non-hydrogen) atoms. The van der Waals surface area contributed by atoms with Crippen molar-refractivity contribution in [2.75, 3.05) is 0 Å². The molecular formula is C49H41N3O2. The number of nitrogens with zero attached hydrogens (tertiary/aromatic N) is 3. The molecule has 0 saturated heterocycles. The number of hydrogen-bond acceptors (Lipinski definition) is 4. The molecule has 0 fully saturated rings. The Morgan fingerprint density at radius 2 is 1.30 bits per heavy atom. The first kappa shape index (κ1) is 33.4. The fourth-order valence-corrected chi connectivity index (χ4v) is 7.49. The molecule has 9 rings (SSSR count). The molecule has 3 heterocycles. The third-order valence-corrected chi connectivity index (χ3v) is 10.3. The number of ether oxygens (including phenoxy) is 2. The lowest BCUT2D eigenvalue weighted by atomic mass is 9.88. The average Bonchev–Trinajstić information content (AvgIpc) is 3.78. The van der Waals surface area contributed by atoms with Crippen molar-refractivity contribution < 1.29 is 9.47 Å². The third-order valence-electron chi connectivity index (χ3n) is 10.3. The quantitative estimate of drug-likeness (QED) is 0.166. The van der Waals surface area contributed by atoms with Crippen LogP contribution in [0.25, 0.3) is 38.8 Å². The SMILES string of the molecule is Cc1ccc2c(c1)c1ccc(Oc3cc(C4=N[C@H](c5ccccc5)[C@@H](c5ccccc5)O4)cc(-c4ccccc4)c3)cc1n2-c1cc(C(C)(C)C)ccn1. The fourth-order valence-electron chi connectivity index (χ4n) is 7.49. The number of rotatable bonds is 7. The Morgan fingerprint density at radius 1 is 0.593 bits per heavy atom. The van der Waals surface area contributed by atoms with E-state index in [0.717, 1.165) is 55.8 Å². The molecule has 0 amide bonds. The van der Waals surface area contributed by atoms with Gasteiger partial charge in [-0.3, -0.25) is 4.57 Å². The summed E-state index contributed by atoms with van der Waals surface area (Å²) in [5.41, 5.74) is 9.72. The highest BCUT2D eigenvalue weighted by Crippen LogP contribution is 2.43. The summed E-state index contributed by atoms with van der Waals surface area (Å²) in [5.74, 6) is 2.90. The van der Waals surface area contributed by atoms with Crippen LogP contribution in [0.15, 0.2) is 169 Å². The van der Waals surface area contributed by atoms with Crippen LogP contribution in [-0.4, -0.2) is 15.4 Å². The van der Waals surface area contributed by atoms with Crippen molar-refractivity contribution in [3.8, 4) is 28.4 Å². The number of hydrogen-bond donors (Lipinski definition) is 0. The number of pyridine rings is 1. The van der Waals surface area contributed by atoms with Crippen LogP contribution < -0.4 is 4.74 Å². The molecule has 6 aromatic carbocycles. The van der Waals surface area contributed by atoms with Crippen molar-refractivity contribution in [2.45, 2.75) is 45.3 Å². The maximum atomic E-state index is 6.82. The maximum absolute atomic E-state index is 6.82. The van der Waals surface area contributed by atoms with Gasteiger partial charge < -0.3 is 9.47 Å². The van der Waals surface area contributed by atoms with Gasteiger partial charge in [0.2, 0.25) is 5.90 Å². The topological polar surface area (TPSA) is 48.6 Å².